The summed E-state index contributed by atoms with van der Waals surface area (Å²) >= 11 is 0. The summed E-state index contributed by atoms with van der Waals surface area (Å²) < 4.78 is 0. The highest BCUT2D eigenvalue weighted by atomic mass is 15.2. The van der Waals surface area contributed by atoms with Crippen molar-refractivity contribution in [2.24, 2.45) is 0 Å². The van der Waals surface area contributed by atoms with Crippen molar-refractivity contribution < 1.29 is 0 Å². The summed E-state index contributed by atoms with van der Waals surface area (Å²) in [6.45, 7) is 4.34. The summed E-state index contributed by atoms with van der Waals surface area (Å²) in [6.07, 6.45) is 4.40. The van der Waals surface area contributed by atoms with Crippen molar-refractivity contribution >= 4 is 5.69 Å². The van der Waals surface area contributed by atoms with Gasteiger partial charge in [0.15, 0.2) is 0 Å². The quantitative estimate of drug-likeness (QED) is 0.876. The maximum atomic E-state index is 4.11. The summed E-state index contributed by atoms with van der Waals surface area (Å²) in [5, 5.41) is 7.12. The van der Waals surface area contributed by atoms with E-state index in [1.807, 2.05) is 6.20 Å². The molecule has 0 unspecified atom stereocenters. The second-order valence-electron chi connectivity index (χ2n) is 5.05. The molecule has 3 nitrogen and oxygen atoms in total. The van der Waals surface area contributed by atoms with Gasteiger partial charge in [0.1, 0.15) is 0 Å². The van der Waals surface area contributed by atoms with Gasteiger partial charge in [0.2, 0.25) is 0 Å². The lowest BCUT2D eigenvalue weighted by atomic mass is 9.89. The molecule has 2 aromatic rings. The number of H-pyrrole nitrogens is 1. The van der Waals surface area contributed by atoms with Crippen LogP contribution in [0.2, 0.25) is 0 Å². The Bertz CT molecular complexity index is 495. The van der Waals surface area contributed by atoms with Gasteiger partial charge in [-0.15, -0.1) is 0 Å². The zero-order chi connectivity index (χ0) is 12.4. The molecule has 3 rings (SSSR count). The molecule has 1 aromatic carbocycles. The van der Waals surface area contributed by atoms with E-state index in [0.29, 0.717) is 0 Å². The average molecular weight is 241 g/mol. The van der Waals surface area contributed by atoms with Crippen LogP contribution in [0.3, 0.4) is 0 Å². The van der Waals surface area contributed by atoms with Crippen molar-refractivity contribution in [2.45, 2.75) is 25.7 Å². The van der Waals surface area contributed by atoms with Crippen molar-refractivity contribution in [3.05, 3.63) is 47.8 Å². The van der Waals surface area contributed by atoms with E-state index in [2.05, 4.69) is 52.4 Å². The van der Waals surface area contributed by atoms with Crippen LogP contribution in [0.15, 0.2) is 36.5 Å². The maximum absolute atomic E-state index is 4.11. The van der Waals surface area contributed by atoms with Gasteiger partial charge in [-0.3, -0.25) is 5.10 Å². The third-order valence-electron chi connectivity index (χ3n) is 3.91. The van der Waals surface area contributed by atoms with Crippen LogP contribution in [0, 0.1) is 6.92 Å². The minimum Gasteiger partial charge on any atom is -0.369 e. The van der Waals surface area contributed by atoms with Crippen molar-refractivity contribution in [3.63, 3.8) is 0 Å². The lowest BCUT2D eigenvalue weighted by molar-refractivity contribution is 0.505. The fourth-order valence-corrected chi connectivity index (χ4v) is 2.84. The zero-order valence-electron chi connectivity index (χ0n) is 10.8. The largest absolute Gasteiger partial charge is 0.369 e. The molecule has 0 aliphatic carbocycles. The number of hydrogen-bond donors (Lipinski definition) is 1. The average Bonchev–Trinajstić information content (AvgIpc) is 2.86. The van der Waals surface area contributed by atoms with Gasteiger partial charge in [-0.1, -0.05) is 30.3 Å². The van der Waals surface area contributed by atoms with E-state index < -0.39 is 0 Å². The van der Waals surface area contributed by atoms with E-state index >= 15 is 0 Å². The van der Waals surface area contributed by atoms with E-state index in [4.69, 9.17) is 0 Å². The fraction of sp³-hybridized carbons (Fsp3) is 0.400. The number of benzene rings is 1. The SMILES string of the molecule is Cc1[nH]ncc1N1CCC(c2ccccc2)CC1. The number of anilines is 1. The molecule has 1 aromatic heterocycles. The van der Waals surface area contributed by atoms with Crippen LogP contribution in [0.25, 0.3) is 0 Å². The predicted molar refractivity (Wildman–Crippen MR) is 74.0 cm³/mol. The Morgan fingerprint density at radius 3 is 2.50 bits per heavy atom. The molecular weight excluding hydrogens is 222 g/mol. The molecule has 1 N–H and O–H groups in total. The number of piperidine rings is 1. The third-order valence-corrected chi connectivity index (χ3v) is 3.91. The Morgan fingerprint density at radius 1 is 1.17 bits per heavy atom. The van der Waals surface area contributed by atoms with E-state index in [1.54, 1.807) is 0 Å². The van der Waals surface area contributed by atoms with Gasteiger partial charge >= 0.3 is 0 Å². The Morgan fingerprint density at radius 2 is 1.89 bits per heavy atom. The molecule has 0 radical (unpaired) electrons. The molecule has 1 aliphatic rings. The summed E-state index contributed by atoms with van der Waals surface area (Å²) in [4.78, 5) is 2.44. The molecule has 0 bridgehead atoms. The first kappa shape index (κ1) is 11.3. The minimum absolute atomic E-state index is 0.717. The van der Waals surface area contributed by atoms with Crippen LogP contribution in [0.5, 0.6) is 0 Å². The van der Waals surface area contributed by atoms with E-state index in [1.165, 1.54) is 29.8 Å². The molecule has 0 saturated carbocycles. The highest BCUT2D eigenvalue weighted by Gasteiger charge is 2.21. The van der Waals surface area contributed by atoms with Crippen LogP contribution in [-0.4, -0.2) is 23.3 Å². The molecule has 0 atom stereocenters. The number of nitrogens with zero attached hydrogens (tertiary/aromatic N) is 2. The Kier molecular flexibility index (Phi) is 3.05. The number of aromatic amines is 1. The highest BCUT2D eigenvalue weighted by Crippen LogP contribution is 2.30. The molecule has 1 fully saturated rings. The van der Waals surface area contributed by atoms with Gasteiger partial charge in [-0.05, 0) is 31.2 Å². The number of aryl methyl sites for hydroxylation is 1. The number of hydrogen-bond acceptors (Lipinski definition) is 2. The number of aromatic nitrogens is 2. The first-order chi connectivity index (χ1) is 8.84. The normalized spacial score (nSPS) is 17.1. The second-order valence-corrected chi connectivity index (χ2v) is 5.05. The standard InChI is InChI=1S/C15H19N3/c1-12-15(11-16-17-12)18-9-7-14(8-10-18)13-5-3-2-4-6-13/h2-6,11,14H,7-10H2,1H3,(H,16,17). The Hall–Kier alpha value is -1.77. The van der Waals surface area contributed by atoms with E-state index in [9.17, 15) is 0 Å². The summed E-state index contributed by atoms with van der Waals surface area (Å²) in [5.74, 6) is 0.717. The van der Waals surface area contributed by atoms with Crippen LogP contribution in [-0.2, 0) is 0 Å². The Balaban J connectivity index is 1.67. The summed E-state index contributed by atoms with van der Waals surface area (Å²) in [6, 6.07) is 10.9. The van der Waals surface area contributed by atoms with Crippen LogP contribution < -0.4 is 4.90 Å². The zero-order valence-corrected chi connectivity index (χ0v) is 10.8. The summed E-state index contributed by atoms with van der Waals surface area (Å²) in [7, 11) is 0. The predicted octanol–water partition coefficient (Wildman–Crippen LogP) is 3.10. The first-order valence-electron chi connectivity index (χ1n) is 6.64. The minimum atomic E-state index is 0.717. The fourth-order valence-electron chi connectivity index (χ4n) is 2.84. The van der Waals surface area contributed by atoms with Crippen LogP contribution in [0.4, 0.5) is 5.69 Å². The Labute approximate surface area is 108 Å². The highest BCUT2D eigenvalue weighted by molar-refractivity contribution is 5.48. The maximum Gasteiger partial charge on any atom is 0.0779 e. The van der Waals surface area contributed by atoms with Crippen LogP contribution >= 0.6 is 0 Å². The molecule has 0 spiro atoms. The molecular formula is C15H19N3. The second kappa shape index (κ2) is 4.84. The smallest absolute Gasteiger partial charge is 0.0779 e. The van der Waals surface area contributed by atoms with E-state index in [-0.39, 0.29) is 0 Å². The van der Waals surface area contributed by atoms with Gasteiger partial charge in [0.25, 0.3) is 0 Å². The first-order valence-corrected chi connectivity index (χ1v) is 6.64. The van der Waals surface area contributed by atoms with Gasteiger partial charge in [0, 0.05) is 13.1 Å². The van der Waals surface area contributed by atoms with Gasteiger partial charge < -0.3 is 4.90 Å². The monoisotopic (exact) mass is 241 g/mol. The van der Waals surface area contributed by atoms with Crippen molar-refractivity contribution in [2.75, 3.05) is 18.0 Å². The lowest BCUT2D eigenvalue weighted by Gasteiger charge is -2.33. The number of nitrogens with one attached hydrogen (secondary N) is 1. The number of rotatable bonds is 2. The molecule has 3 heteroatoms. The van der Waals surface area contributed by atoms with Crippen molar-refractivity contribution in [3.8, 4) is 0 Å². The topological polar surface area (TPSA) is 31.9 Å². The molecule has 18 heavy (non-hydrogen) atoms. The van der Waals surface area contributed by atoms with Crippen molar-refractivity contribution in [1.29, 1.82) is 0 Å². The van der Waals surface area contributed by atoms with Gasteiger partial charge in [0.05, 0.1) is 17.6 Å². The van der Waals surface area contributed by atoms with Gasteiger partial charge in [-0.2, -0.15) is 5.10 Å². The molecule has 2 heterocycles. The van der Waals surface area contributed by atoms with E-state index in [0.717, 1.165) is 19.0 Å². The molecule has 1 saturated heterocycles. The third kappa shape index (κ3) is 2.13. The van der Waals surface area contributed by atoms with Crippen LogP contribution in [0.1, 0.15) is 30.0 Å². The molecule has 0 amide bonds. The molecule has 1 aliphatic heterocycles. The molecule has 94 valence electrons. The lowest BCUT2D eigenvalue weighted by Crippen LogP contribution is -2.33. The van der Waals surface area contributed by atoms with Crippen molar-refractivity contribution in [1.82, 2.24) is 10.2 Å². The summed E-state index contributed by atoms with van der Waals surface area (Å²) in [5.41, 5.74) is 3.93. The van der Waals surface area contributed by atoms with Gasteiger partial charge in [-0.25, -0.2) is 0 Å².